The van der Waals surface area contributed by atoms with Gasteiger partial charge in [0.25, 0.3) is 0 Å². The van der Waals surface area contributed by atoms with Gasteiger partial charge in [-0.1, -0.05) is 19.8 Å². The Labute approximate surface area is 135 Å². The van der Waals surface area contributed by atoms with Crippen LogP contribution in [0.4, 0.5) is 0 Å². The topological polar surface area (TPSA) is 15.3 Å². The first-order valence-corrected chi connectivity index (χ1v) is 9.46. The van der Waals surface area contributed by atoms with Crippen molar-refractivity contribution in [3.8, 4) is 0 Å². The SMILES string of the molecule is CCC1(C)CNC2(CCCC2)CN1Cc1cc(Br)cs1. The van der Waals surface area contributed by atoms with E-state index in [2.05, 4.69) is 51.4 Å². The summed E-state index contributed by atoms with van der Waals surface area (Å²) >= 11 is 5.46. The lowest BCUT2D eigenvalue weighted by Gasteiger charge is -2.52. The zero-order valence-corrected chi connectivity index (χ0v) is 14.9. The van der Waals surface area contributed by atoms with E-state index in [1.807, 2.05) is 11.3 Å². The van der Waals surface area contributed by atoms with Gasteiger partial charge in [0, 0.05) is 45.4 Å². The molecule has 1 aromatic heterocycles. The summed E-state index contributed by atoms with van der Waals surface area (Å²) in [5.41, 5.74) is 0.702. The molecule has 112 valence electrons. The molecule has 0 radical (unpaired) electrons. The molecule has 2 heterocycles. The fraction of sp³-hybridized carbons (Fsp3) is 0.750. The van der Waals surface area contributed by atoms with Crippen molar-refractivity contribution in [2.45, 2.75) is 63.6 Å². The molecule has 0 bridgehead atoms. The first-order valence-electron chi connectivity index (χ1n) is 7.78. The molecule has 1 aliphatic carbocycles. The van der Waals surface area contributed by atoms with Gasteiger partial charge in [0.15, 0.2) is 0 Å². The van der Waals surface area contributed by atoms with Gasteiger partial charge in [-0.3, -0.25) is 4.90 Å². The lowest BCUT2D eigenvalue weighted by Crippen LogP contribution is -2.67. The van der Waals surface area contributed by atoms with Crippen LogP contribution in [0.15, 0.2) is 15.9 Å². The number of hydrogen-bond acceptors (Lipinski definition) is 3. The van der Waals surface area contributed by atoms with Gasteiger partial charge in [-0.05, 0) is 48.2 Å². The summed E-state index contributed by atoms with van der Waals surface area (Å²) in [5, 5.41) is 6.11. The average Bonchev–Trinajstić information content (AvgIpc) is 3.05. The van der Waals surface area contributed by atoms with Crippen LogP contribution < -0.4 is 5.32 Å². The molecule has 2 fully saturated rings. The molecule has 1 saturated carbocycles. The van der Waals surface area contributed by atoms with E-state index < -0.39 is 0 Å². The highest BCUT2D eigenvalue weighted by Crippen LogP contribution is 2.38. The third-order valence-electron chi connectivity index (χ3n) is 5.39. The Bertz CT molecular complexity index is 467. The Morgan fingerprint density at radius 2 is 2.15 bits per heavy atom. The molecule has 0 amide bonds. The summed E-state index contributed by atoms with van der Waals surface area (Å²) in [7, 11) is 0. The molecule has 3 rings (SSSR count). The lowest BCUT2D eigenvalue weighted by molar-refractivity contribution is 0.00852. The summed E-state index contributed by atoms with van der Waals surface area (Å²) in [4.78, 5) is 4.22. The summed E-state index contributed by atoms with van der Waals surface area (Å²) in [6.07, 6.45) is 6.72. The molecule has 1 atom stereocenters. The zero-order valence-electron chi connectivity index (χ0n) is 12.5. The molecule has 2 aliphatic rings. The van der Waals surface area contributed by atoms with Crippen LogP contribution in [-0.4, -0.2) is 29.1 Å². The van der Waals surface area contributed by atoms with E-state index in [1.165, 1.54) is 48.0 Å². The van der Waals surface area contributed by atoms with Crippen LogP contribution in [0.2, 0.25) is 0 Å². The van der Waals surface area contributed by atoms with Crippen molar-refractivity contribution in [2.75, 3.05) is 13.1 Å². The molecule has 2 nitrogen and oxygen atoms in total. The molecular formula is C16H25BrN2S. The van der Waals surface area contributed by atoms with Gasteiger partial charge in [-0.15, -0.1) is 11.3 Å². The van der Waals surface area contributed by atoms with E-state index in [0.29, 0.717) is 11.1 Å². The number of nitrogens with zero attached hydrogens (tertiary/aromatic N) is 1. The van der Waals surface area contributed by atoms with Gasteiger partial charge in [-0.25, -0.2) is 0 Å². The Kier molecular flexibility index (Phi) is 4.29. The Morgan fingerprint density at radius 3 is 2.75 bits per heavy atom. The van der Waals surface area contributed by atoms with Crippen LogP contribution in [0, 0.1) is 0 Å². The van der Waals surface area contributed by atoms with Gasteiger partial charge in [0.2, 0.25) is 0 Å². The first kappa shape index (κ1) is 15.0. The van der Waals surface area contributed by atoms with Crippen LogP contribution >= 0.6 is 27.3 Å². The largest absolute Gasteiger partial charge is 0.308 e. The van der Waals surface area contributed by atoms with Crippen molar-refractivity contribution >= 4 is 27.3 Å². The molecule has 1 saturated heterocycles. The second-order valence-electron chi connectivity index (χ2n) is 6.78. The number of hydrogen-bond donors (Lipinski definition) is 1. The molecule has 20 heavy (non-hydrogen) atoms. The van der Waals surface area contributed by atoms with Crippen molar-refractivity contribution in [1.82, 2.24) is 10.2 Å². The highest BCUT2D eigenvalue weighted by atomic mass is 79.9. The van der Waals surface area contributed by atoms with Crippen LogP contribution in [0.1, 0.15) is 50.8 Å². The number of thiophene rings is 1. The van der Waals surface area contributed by atoms with Crippen molar-refractivity contribution in [2.24, 2.45) is 0 Å². The predicted molar refractivity (Wildman–Crippen MR) is 90.3 cm³/mol. The molecule has 1 unspecified atom stereocenters. The third-order valence-corrected chi connectivity index (χ3v) is 7.07. The molecule has 1 aromatic rings. The average molecular weight is 357 g/mol. The molecule has 1 aliphatic heterocycles. The molecule has 1 spiro atoms. The Balaban J connectivity index is 1.78. The summed E-state index contributed by atoms with van der Waals surface area (Å²) < 4.78 is 1.22. The van der Waals surface area contributed by atoms with E-state index in [0.717, 1.165) is 13.1 Å². The number of nitrogens with one attached hydrogen (secondary N) is 1. The highest BCUT2D eigenvalue weighted by molar-refractivity contribution is 9.10. The maximum Gasteiger partial charge on any atom is 0.0335 e. The van der Waals surface area contributed by atoms with E-state index in [1.54, 1.807) is 0 Å². The van der Waals surface area contributed by atoms with Gasteiger partial charge >= 0.3 is 0 Å². The second kappa shape index (κ2) is 5.71. The van der Waals surface area contributed by atoms with E-state index in [-0.39, 0.29) is 0 Å². The lowest BCUT2D eigenvalue weighted by atomic mass is 9.85. The predicted octanol–water partition coefficient (Wildman–Crippen LogP) is 4.40. The standard InChI is InChI=1S/C16H25BrN2S/c1-3-15(2)11-18-16(6-4-5-7-16)12-19(15)9-14-8-13(17)10-20-14/h8,10,18H,3-7,9,11-12H2,1-2H3. The van der Waals surface area contributed by atoms with Gasteiger partial charge in [-0.2, -0.15) is 0 Å². The second-order valence-corrected chi connectivity index (χ2v) is 8.69. The fourth-order valence-corrected chi connectivity index (χ4v) is 5.17. The van der Waals surface area contributed by atoms with E-state index in [9.17, 15) is 0 Å². The fourth-order valence-electron chi connectivity index (χ4n) is 3.71. The number of rotatable bonds is 3. The highest BCUT2D eigenvalue weighted by Gasteiger charge is 2.45. The monoisotopic (exact) mass is 356 g/mol. The maximum absolute atomic E-state index is 3.91. The summed E-state index contributed by atoms with van der Waals surface area (Å²) in [6.45, 7) is 8.20. The smallest absolute Gasteiger partial charge is 0.0335 e. The molecular weight excluding hydrogens is 332 g/mol. The van der Waals surface area contributed by atoms with Crippen LogP contribution in [-0.2, 0) is 6.54 Å². The third kappa shape index (κ3) is 2.85. The molecule has 1 N–H and O–H groups in total. The molecule has 4 heteroatoms. The van der Waals surface area contributed by atoms with Gasteiger partial charge in [0.1, 0.15) is 0 Å². The Morgan fingerprint density at radius 1 is 1.40 bits per heavy atom. The Hall–Kier alpha value is 0.1000. The van der Waals surface area contributed by atoms with Crippen molar-refractivity contribution < 1.29 is 0 Å². The molecule has 0 aromatic carbocycles. The zero-order chi connectivity index (χ0) is 14.2. The van der Waals surface area contributed by atoms with Gasteiger partial charge in [0.05, 0.1) is 0 Å². The van der Waals surface area contributed by atoms with Crippen LogP contribution in [0.3, 0.4) is 0 Å². The minimum absolute atomic E-state index is 0.296. The van der Waals surface area contributed by atoms with Crippen LogP contribution in [0.25, 0.3) is 0 Å². The van der Waals surface area contributed by atoms with E-state index in [4.69, 9.17) is 0 Å². The van der Waals surface area contributed by atoms with Crippen LogP contribution in [0.5, 0.6) is 0 Å². The van der Waals surface area contributed by atoms with Crippen molar-refractivity contribution in [3.05, 3.63) is 20.8 Å². The number of piperazine rings is 1. The minimum atomic E-state index is 0.296. The van der Waals surface area contributed by atoms with Crippen molar-refractivity contribution in [3.63, 3.8) is 0 Å². The normalized spacial score (nSPS) is 30.1. The van der Waals surface area contributed by atoms with E-state index >= 15 is 0 Å². The maximum atomic E-state index is 3.91. The summed E-state index contributed by atoms with van der Waals surface area (Å²) in [5.74, 6) is 0. The minimum Gasteiger partial charge on any atom is -0.308 e. The van der Waals surface area contributed by atoms with Crippen molar-refractivity contribution in [1.29, 1.82) is 0 Å². The quantitative estimate of drug-likeness (QED) is 0.863. The summed E-state index contributed by atoms with van der Waals surface area (Å²) in [6, 6.07) is 2.28. The number of halogens is 1. The first-order chi connectivity index (χ1) is 9.55. The van der Waals surface area contributed by atoms with Gasteiger partial charge < -0.3 is 5.32 Å².